The lowest BCUT2D eigenvalue weighted by atomic mass is 10.0. The van der Waals surface area contributed by atoms with E-state index in [9.17, 15) is 9.18 Å². The van der Waals surface area contributed by atoms with Gasteiger partial charge in [-0.25, -0.2) is 14.4 Å². The summed E-state index contributed by atoms with van der Waals surface area (Å²) in [6, 6.07) is 12.5. The molecule has 160 valence electrons. The van der Waals surface area contributed by atoms with Crippen molar-refractivity contribution in [2.45, 2.75) is 32.2 Å². The molecule has 1 aromatic carbocycles. The van der Waals surface area contributed by atoms with Crippen molar-refractivity contribution in [1.29, 1.82) is 5.26 Å². The van der Waals surface area contributed by atoms with Gasteiger partial charge in [-0.2, -0.15) is 5.26 Å². The number of fused-ring (bicyclic) bond motifs is 1. The number of hydrogen-bond acceptors (Lipinski definition) is 7. The molecule has 1 atom stereocenters. The minimum atomic E-state index is -0.415. The molecule has 3 heterocycles. The first-order chi connectivity index (χ1) is 15.5. The van der Waals surface area contributed by atoms with E-state index >= 15 is 0 Å². The lowest BCUT2D eigenvalue weighted by Crippen LogP contribution is -2.13. The van der Waals surface area contributed by atoms with Crippen LogP contribution in [-0.4, -0.2) is 20.7 Å². The standard InChI is InChI=1S/C24H20FN5OS/c1-15(18-11-19(25)14-27-13-18)28-24-29-20-8-9-32-23(20)22(30-24)21(31)7-3-5-16-4-2-6-17(10-16)12-26/h2,4,6,8-11,13-15H,3,5,7H2,1H3,(H,28,29,30)/t15-/m0/s1. The smallest absolute Gasteiger partial charge is 0.224 e. The number of nitrogens with one attached hydrogen (secondary N) is 1. The van der Waals surface area contributed by atoms with Gasteiger partial charge in [0.05, 0.1) is 34.1 Å². The Kier molecular flexibility index (Phi) is 6.47. The van der Waals surface area contributed by atoms with Crippen LogP contribution < -0.4 is 5.32 Å². The van der Waals surface area contributed by atoms with Crippen molar-refractivity contribution in [2.75, 3.05) is 5.32 Å². The summed E-state index contributed by atoms with van der Waals surface area (Å²) in [7, 11) is 0. The molecule has 0 spiro atoms. The summed E-state index contributed by atoms with van der Waals surface area (Å²) in [6.07, 6.45) is 4.42. The Balaban J connectivity index is 1.49. The van der Waals surface area contributed by atoms with E-state index in [0.29, 0.717) is 47.5 Å². The summed E-state index contributed by atoms with van der Waals surface area (Å²) in [5.41, 5.74) is 3.39. The number of benzene rings is 1. The zero-order chi connectivity index (χ0) is 22.5. The Morgan fingerprint density at radius 1 is 1.25 bits per heavy atom. The lowest BCUT2D eigenvalue weighted by molar-refractivity contribution is 0.0977. The molecule has 0 unspecified atom stereocenters. The molecular formula is C24H20FN5OS. The van der Waals surface area contributed by atoms with Gasteiger partial charge < -0.3 is 5.32 Å². The van der Waals surface area contributed by atoms with Gasteiger partial charge in [-0.1, -0.05) is 12.1 Å². The van der Waals surface area contributed by atoms with Gasteiger partial charge in [0.1, 0.15) is 11.5 Å². The molecule has 0 amide bonds. The minimum Gasteiger partial charge on any atom is -0.348 e. The van der Waals surface area contributed by atoms with E-state index in [1.807, 2.05) is 36.6 Å². The van der Waals surface area contributed by atoms with E-state index in [0.717, 1.165) is 16.5 Å². The molecule has 0 radical (unpaired) electrons. The number of anilines is 1. The van der Waals surface area contributed by atoms with E-state index in [1.165, 1.54) is 17.4 Å². The normalized spacial score (nSPS) is 11.8. The van der Waals surface area contributed by atoms with Crippen LogP contribution >= 0.6 is 11.3 Å². The highest BCUT2D eigenvalue weighted by atomic mass is 32.1. The Labute approximate surface area is 188 Å². The van der Waals surface area contributed by atoms with Crippen molar-refractivity contribution in [3.8, 4) is 6.07 Å². The van der Waals surface area contributed by atoms with Crippen molar-refractivity contribution >= 4 is 33.3 Å². The number of carbonyl (C=O) groups excluding carboxylic acids is 1. The number of ketones is 1. The van der Waals surface area contributed by atoms with Gasteiger partial charge in [-0.15, -0.1) is 11.3 Å². The van der Waals surface area contributed by atoms with Crippen molar-refractivity contribution < 1.29 is 9.18 Å². The number of rotatable bonds is 8. The van der Waals surface area contributed by atoms with Crippen LogP contribution in [-0.2, 0) is 6.42 Å². The van der Waals surface area contributed by atoms with Crippen LogP contribution in [0.1, 0.15) is 53.0 Å². The molecular weight excluding hydrogens is 425 g/mol. The second-order valence-corrected chi connectivity index (χ2v) is 8.34. The number of nitriles is 1. The van der Waals surface area contributed by atoms with Crippen LogP contribution in [0, 0.1) is 17.1 Å². The first-order valence-corrected chi connectivity index (χ1v) is 11.1. The molecule has 0 saturated heterocycles. The third-order valence-corrected chi connectivity index (χ3v) is 5.98. The molecule has 0 bridgehead atoms. The van der Waals surface area contributed by atoms with Gasteiger partial charge >= 0.3 is 0 Å². The highest BCUT2D eigenvalue weighted by Gasteiger charge is 2.17. The van der Waals surface area contributed by atoms with Crippen molar-refractivity contribution in [2.24, 2.45) is 0 Å². The second kappa shape index (κ2) is 9.62. The maximum Gasteiger partial charge on any atom is 0.224 e. The number of Topliss-reactive ketones (excluding diaryl/α,β-unsaturated/α-hetero) is 1. The molecule has 0 fully saturated rings. The van der Waals surface area contributed by atoms with Crippen LogP contribution in [0.3, 0.4) is 0 Å². The molecule has 32 heavy (non-hydrogen) atoms. The first kappa shape index (κ1) is 21.5. The fraction of sp³-hybridized carbons (Fsp3) is 0.208. The summed E-state index contributed by atoms with van der Waals surface area (Å²) < 4.78 is 14.3. The molecule has 6 nitrogen and oxygen atoms in total. The molecule has 0 aliphatic rings. The predicted octanol–water partition coefficient (Wildman–Crippen LogP) is 5.48. The number of nitrogens with zero attached hydrogens (tertiary/aromatic N) is 4. The topological polar surface area (TPSA) is 91.6 Å². The third-order valence-electron chi connectivity index (χ3n) is 5.06. The lowest BCUT2D eigenvalue weighted by Gasteiger charge is -2.14. The summed E-state index contributed by atoms with van der Waals surface area (Å²) >= 11 is 1.43. The number of aryl methyl sites for hydroxylation is 1. The van der Waals surface area contributed by atoms with Crippen molar-refractivity contribution in [1.82, 2.24) is 15.0 Å². The van der Waals surface area contributed by atoms with E-state index in [1.54, 1.807) is 12.3 Å². The third kappa shape index (κ3) is 4.95. The van der Waals surface area contributed by atoms with E-state index in [4.69, 9.17) is 5.26 Å². The molecule has 0 aliphatic heterocycles. The molecule has 0 saturated carbocycles. The Hall–Kier alpha value is -3.70. The maximum atomic E-state index is 13.5. The zero-order valence-corrected chi connectivity index (χ0v) is 18.2. The fourth-order valence-electron chi connectivity index (χ4n) is 3.43. The van der Waals surface area contributed by atoms with Crippen molar-refractivity contribution in [3.05, 3.63) is 82.4 Å². The van der Waals surface area contributed by atoms with Gasteiger partial charge in [-0.3, -0.25) is 9.78 Å². The number of thiophene rings is 1. The van der Waals surface area contributed by atoms with Crippen LogP contribution in [0.15, 0.2) is 54.2 Å². The van der Waals surface area contributed by atoms with Crippen LogP contribution in [0.4, 0.5) is 10.3 Å². The van der Waals surface area contributed by atoms with Gasteiger partial charge in [0.25, 0.3) is 0 Å². The minimum absolute atomic E-state index is 0.0561. The van der Waals surface area contributed by atoms with Crippen LogP contribution in [0.2, 0.25) is 0 Å². The van der Waals surface area contributed by atoms with Crippen LogP contribution in [0.25, 0.3) is 10.2 Å². The molecule has 0 aliphatic carbocycles. The number of aromatic nitrogens is 3. The Bertz CT molecular complexity index is 1310. The summed E-state index contributed by atoms with van der Waals surface area (Å²) in [6.45, 7) is 1.86. The number of hydrogen-bond donors (Lipinski definition) is 1. The predicted molar refractivity (Wildman–Crippen MR) is 122 cm³/mol. The summed E-state index contributed by atoms with van der Waals surface area (Å²) in [5.74, 6) is -0.154. The van der Waals surface area contributed by atoms with Gasteiger partial charge in [-0.05, 0) is 60.5 Å². The monoisotopic (exact) mass is 445 g/mol. The molecule has 1 N–H and O–H groups in total. The first-order valence-electron chi connectivity index (χ1n) is 10.2. The summed E-state index contributed by atoms with van der Waals surface area (Å²) in [4.78, 5) is 25.9. The van der Waals surface area contributed by atoms with Gasteiger partial charge in [0, 0.05) is 12.6 Å². The molecule has 4 rings (SSSR count). The number of carbonyl (C=O) groups is 1. The molecule has 3 aromatic heterocycles. The highest BCUT2D eigenvalue weighted by molar-refractivity contribution is 7.17. The van der Waals surface area contributed by atoms with Gasteiger partial charge in [0.2, 0.25) is 5.95 Å². The SMILES string of the molecule is C[C@H](Nc1nc(C(=O)CCCc2cccc(C#N)c2)c2sccc2n1)c1cncc(F)c1. The quantitative estimate of drug-likeness (QED) is 0.361. The second-order valence-electron chi connectivity index (χ2n) is 7.42. The Morgan fingerprint density at radius 3 is 2.94 bits per heavy atom. The van der Waals surface area contributed by atoms with E-state index < -0.39 is 5.82 Å². The van der Waals surface area contributed by atoms with Crippen LogP contribution in [0.5, 0.6) is 0 Å². The number of halogens is 1. The average molecular weight is 446 g/mol. The Morgan fingerprint density at radius 2 is 2.12 bits per heavy atom. The average Bonchev–Trinajstić information content (AvgIpc) is 3.27. The maximum absolute atomic E-state index is 13.5. The number of pyridine rings is 1. The molecule has 8 heteroatoms. The highest BCUT2D eigenvalue weighted by Crippen LogP contribution is 2.26. The van der Waals surface area contributed by atoms with E-state index in [-0.39, 0.29) is 11.8 Å². The zero-order valence-electron chi connectivity index (χ0n) is 17.4. The largest absolute Gasteiger partial charge is 0.348 e. The van der Waals surface area contributed by atoms with Crippen molar-refractivity contribution in [3.63, 3.8) is 0 Å². The fourth-order valence-corrected chi connectivity index (χ4v) is 4.27. The van der Waals surface area contributed by atoms with Gasteiger partial charge in [0.15, 0.2) is 5.78 Å². The van der Waals surface area contributed by atoms with E-state index in [2.05, 4.69) is 26.3 Å². The molecule has 4 aromatic rings. The summed E-state index contributed by atoms with van der Waals surface area (Å²) in [5, 5.41) is 14.1.